The zero-order valence-corrected chi connectivity index (χ0v) is 11.4. The standard InChI is InChI=1S/C16H17F2NO2/c17-13-7-5-12(6-8-13)9-19-10-14(20)11-21-16-4-2-1-3-15(16)18/h1-8,14,19-20H,9-11H2. The lowest BCUT2D eigenvalue weighted by Crippen LogP contribution is -2.31. The summed E-state index contributed by atoms with van der Waals surface area (Å²) in [7, 11) is 0. The number of hydrogen-bond acceptors (Lipinski definition) is 3. The molecular weight excluding hydrogens is 276 g/mol. The van der Waals surface area contributed by atoms with Gasteiger partial charge in [-0.2, -0.15) is 0 Å². The fraction of sp³-hybridized carbons (Fsp3) is 0.250. The molecule has 0 amide bonds. The summed E-state index contributed by atoms with van der Waals surface area (Å²) in [6.45, 7) is 0.806. The molecule has 0 bridgehead atoms. The van der Waals surface area contributed by atoms with Crippen molar-refractivity contribution >= 4 is 0 Å². The molecule has 5 heteroatoms. The first-order valence-electron chi connectivity index (χ1n) is 6.65. The Morgan fingerprint density at radius 3 is 2.48 bits per heavy atom. The number of nitrogens with one attached hydrogen (secondary N) is 1. The number of hydrogen-bond donors (Lipinski definition) is 2. The SMILES string of the molecule is OC(CNCc1ccc(F)cc1)COc1ccccc1F. The zero-order chi connectivity index (χ0) is 15.1. The molecule has 3 nitrogen and oxygen atoms in total. The van der Waals surface area contributed by atoms with Crippen LogP contribution >= 0.6 is 0 Å². The Bertz CT molecular complexity index is 560. The van der Waals surface area contributed by atoms with Crippen LogP contribution in [0.25, 0.3) is 0 Å². The lowest BCUT2D eigenvalue weighted by atomic mass is 10.2. The minimum absolute atomic E-state index is 0.00263. The van der Waals surface area contributed by atoms with Crippen LogP contribution in [-0.2, 0) is 6.54 Å². The van der Waals surface area contributed by atoms with Crippen molar-refractivity contribution in [3.05, 3.63) is 65.7 Å². The fourth-order valence-electron chi connectivity index (χ4n) is 1.79. The number of ether oxygens (including phenoxy) is 1. The van der Waals surface area contributed by atoms with Gasteiger partial charge in [0.2, 0.25) is 0 Å². The Labute approximate surface area is 122 Å². The van der Waals surface area contributed by atoms with Gasteiger partial charge in [-0.15, -0.1) is 0 Å². The molecule has 0 spiro atoms. The average Bonchev–Trinajstić information content (AvgIpc) is 2.48. The molecule has 0 aliphatic rings. The van der Waals surface area contributed by atoms with Gasteiger partial charge < -0.3 is 15.2 Å². The van der Waals surface area contributed by atoms with E-state index in [1.54, 1.807) is 24.3 Å². The maximum absolute atomic E-state index is 13.3. The van der Waals surface area contributed by atoms with Crippen molar-refractivity contribution in [1.29, 1.82) is 0 Å². The van der Waals surface area contributed by atoms with E-state index in [0.717, 1.165) is 5.56 Å². The first-order chi connectivity index (χ1) is 10.1. The first kappa shape index (κ1) is 15.4. The van der Waals surface area contributed by atoms with Crippen LogP contribution in [0.3, 0.4) is 0 Å². The summed E-state index contributed by atoms with van der Waals surface area (Å²) in [5.41, 5.74) is 0.915. The topological polar surface area (TPSA) is 41.5 Å². The van der Waals surface area contributed by atoms with E-state index < -0.39 is 11.9 Å². The number of aliphatic hydroxyl groups is 1. The molecule has 2 aromatic carbocycles. The highest BCUT2D eigenvalue weighted by Crippen LogP contribution is 2.15. The molecule has 21 heavy (non-hydrogen) atoms. The molecule has 2 rings (SSSR count). The number of rotatable bonds is 7. The first-order valence-corrected chi connectivity index (χ1v) is 6.65. The van der Waals surface area contributed by atoms with Gasteiger partial charge in [0.15, 0.2) is 11.6 Å². The molecule has 0 saturated heterocycles. The third kappa shape index (κ3) is 5.13. The molecule has 1 unspecified atom stereocenters. The van der Waals surface area contributed by atoms with Crippen LogP contribution < -0.4 is 10.1 Å². The van der Waals surface area contributed by atoms with Crippen molar-refractivity contribution < 1.29 is 18.6 Å². The Hall–Kier alpha value is -1.98. The quantitative estimate of drug-likeness (QED) is 0.824. The minimum Gasteiger partial charge on any atom is -0.488 e. The minimum atomic E-state index is -0.759. The second kappa shape index (κ2) is 7.71. The summed E-state index contributed by atoms with van der Waals surface area (Å²) in [4.78, 5) is 0. The summed E-state index contributed by atoms with van der Waals surface area (Å²) in [6, 6.07) is 12.2. The molecule has 0 aliphatic heterocycles. The van der Waals surface area contributed by atoms with Crippen LogP contribution in [-0.4, -0.2) is 24.4 Å². The number of benzene rings is 2. The molecule has 0 saturated carbocycles. The molecule has 0 radical (unpaired) electrons. The summed E-state index contributed by atoms with van der Waals surface area (Å²) in [5.74, 6) is -0.615. The summed E-state index contributed by atoms with van der Waals surface area (Å²) < 4.78 is 31.2. The molecule has 2 aromatic rings. The molecule has 0 aromatic heterocycles. The third-order valence-electron chi connectivity index (χ3n) is 2.89. The van der Waals surface area contributed by atoms with Gasteiger partial charge in [0.05, 0.1) is 0 Å². The smallest absolute Gasteiger partial charge is 0.165 e. The second-order valence-electron chi connectivity index (χ2n) is 4.65. The van der Waals surface area contributed by atoms with E-state index >= 15 is 0 Å². The third-order valence-corrected chi connectivity index (χ3v) is 2.89. The molecule has 2 N–H and O–H groups in total. The van der Waals surface area contributed by atoms with Crippen LogP contribution in [0.1, 0.15) is 5.56 Å². The van der Waals surface area contributed by atoms with E-state index in [4.69, 9.17) is 4.74 Å². The monoisotopic (exact) mass is 293 g/mol. The Kier molecular flexibility index (Phi) is 5.66. The lowest BCUT2D eigenvalue weighted by molar-refractivity contribution is 0.104. The molecule has 0 heterocycles. The molecule has 1 atom stereocenters. The molecule has 0 aliphatic carbocycles. The van der Waals surface area contributed by atoms with Gasteiger partial charge in [0.1, 0.15) is 18.5 Å². The van der Waals surface area contributed by atoms with E-state index in [2.05, 4.69) is 5.32 Å². The van der Waals surface area contributed by atoms with Gasteiger partial charge in [0.25, 0.3) is 0 Å². The summed E-state index contributed by atoms with van der Waals surface area (Å²) >= 11 is 0. The largest absolute Gasteiger partial charge is 0.488 e. The van der Waals surface area contributed by atoms with Crippen LogP contribution in [0.5, 0.6) is 5.75 Å². The highest BCUT2D eigenvalue weighted by Gasteiger charge is 2.07. The summed E-state index contributed by atoms with van der Waals surface area (Å²) in [6.07, 6.45) is -0.759. The predicted molar refractivity (Wildman–Crippen MR) is 76.0 cm³/mol. The van der Waals surface area contributed by atoms with Gasteiger partial charge in [-0.3, -0.25) is 0 Å². The Morgan fingerprint density at radius 1 is 1.05 bits per heavy atom. The van der Waals surface area contributed by atoms with E-state index in [-0.39, 0.29) is 18.2 Å². The normalized spacial score (nSPS) is 12.1. The zero-order valence-electron chi connectivity index (χ0n) is 11.4. The average molecular weight is 293 g/mol. The van der Waals surface area contributed by atoms with Crippen LogP contribution in [0.15, 0.2) is 48.5 Å². The van der Waals surface area contributed by atoms with Crippen molar-refractivity contribution in [3.63, 3.8) is 0 Å². The molecule has 0 fully saturated rings. The van der Waals surface area contributed by atoms with Crippen molar-refractivity contribution in [1.82, 2.24) is 5.32 Å². The Morgan fingerprint density at radius 2 is 1.76 bits per heavy atom. The fourth-order valence-corrected chi connectivity index (χ4v) is 1.79. The van der Waals surface area contributed by atoms with E-state index in [1.807, 2.05) is 0 Å². The number of para-hydroxylation sites is 1. The van der Waals surface area contributed by atoms with Gasteiger partial charge in [0, 0.05) is 13.1 Å². The lowest BCUT2D eigenvalue weighted by Gasteiger charge is -2.13. The van der Waals surface area contributed by atoms with Crippen LogP contribution in [0, 0.1) is 11.6 Å². The maximum Gasteiger partial charge on any atom is 0.165 e. The van der Waals surface area contributed by atoms with E-state index in [0.29, 0.717) is 13.1 Å². The van der Waals surface area contributed by atoms with Gasteiger partial charge in [-0.1, -0.05) is 24.3 Å². The predicted octanol–water partition coefficient (Wildman–Crippen LogP) is 2.49. The maximum atomic E-state index is 13.3. The van der Waals surface area contributed by atoms with Crippen molar-refractivity contribution in [2.45, 2.75) is 12.6 Å². The van der Waals surface area contributed by atoms with Crippen LogP contribution in [0.4, 0.5) is 8.78 Å². The number of halogens is 2. The molecule has 112 valence electrons. The van der Waals surface area contributed by atoms with Crippen molar-refractivity contribution in [2.75, 3.05) is 13.2 Å². The van der Waals surface area contributed by atoms with E-state index in [1.165, 1.54) is 24.3 Å². The van der Waals surface area contributed by atoms with Gasteiger partial charge >= 0.3 is 0 Å². The molecular formula is C16H17F2NO2. The van der Waals surface area contributed by atoms with Gasteiger partial charge in [-0.05, 0) is 29.8 Å². The second-order valence-corrected chi connectivity index (χ2v) is 4.65. The summed E-state index contributed by atoms with van der Waals surface area (Å²) in [5, 5.41) is 12.8. The van der Waals surface area contributed by atoms with Crippen molar-refractivity contribution in [3.8, 4) is 5.75 Å². The van der Waals surface area contributed by atoms with Crippen LogP contribution in [0.2, 0.25) is 0 Å². The Balaban J connectivity index is 1.69. The highest BCUT2D eigenvalue weighted by molar-refractivity contribution is 5.23. The number of aliphatic hydroxyl groups excluding tert-OH is 1. The highest BCUT2D eigenvalue weighted by atomic mass is 19.1. The van der Waals surface area contributed by atoms with Crippen molar-refractivity contribution in [2.24, 2.45) is 0 Å². The van der Waals surface area contributed by atoms with Gasteiger partial charge in [-0.25, -0.2) is 8.78 Å². The van der Waals surface area contributed by atoms with E-state index in [9.17, 15) is 13.9 Å².